The number of sulfonamides is 1. The van der Waals surface area contributed by atoms with E-state index >= 15 is 0 Å². The van der Waals surface area contributed by atoms with E-state index < -0.39 is 10.0 Å². The van der Waals surface area contributed by atoms with Gasteiger partial charge in [0.05, 0.1) is 17.6 Å². The van der Waals surface area contributed by atoms with Gasteiger partial charge in [0.2, 0.25) is 15.9 Å². The highest BCUT2D eigenvalue weighted by molar-refractivity contribution is 7.89. The summed E-state index contributed by atoms with van der Waals surface area (Å²) in [6, 6.07) is 5.75. The van der Waals surface area contributed by atoms with Crippen LogP contribution in [-0.2, 0) is 24.3 Å². The van der Waals surface area contributed by atoms with Gasteiger partial charge >= 0.3 is 0 Å². The average Bonchev–Trinajstić information content (AvgIpc) is 2.66. The molecule has 0 heterocycles. The number of benzene rings is 1. The van der Waals surface area contributed by atoms with Crippen molar-refractivity contribution in [3.05, 3.63) is 24.3 Å². The second kappa shape index (κ2) is 11.2. The molecule has 1 aromatic carbocycles. The molecule has 0 bridgehead atoms. The minimum atomic E-state index is -3.64. The van der Waals surface area contributed by atoms with Crippen LogP contribution in [0.1, 0.15) is 47.0 Å². The van der Waals surface area contributed by atoms with Crippen LogP contribution in [0, 0.1) is 17.8 Å². The van der Waals surface area contributed by atoms with E-state index in [9.17, 15) is 13.2 Å². The molecule has 170 valence electrons. The van der Waals surface area contributed by atoms with Crippen molar-refractivity contribution < 1.29 is 22.7 Å². The van der Waals surface area contributed by atoms with E-state index in [2.05, 4.69) is 30.8 Å². The fraction of sp³-hybridized carbons (Fsp3) is 0.682. The van der Waals surface area contributed by atoms with E-state index in [1.807, 2.05) is 0 Å². The van der Waals surface area contributed by atoms with Crippen molar-refractivity contribution in [3.63, 3.8) is 0 Å². The minimum Gasteiger partial charge on any atom is -0.383 e. The zero-order valence-electron chi connectivity index (χ0n) is 18.7. The highest BCUT2D eigenvalue weighted by Gasteiger charge is 2.31. The van der Waals surface area contributed by atoms with Gasteiger partial charge in [-0.15, -0.1) is 0 Å². The first kappa shape index (κ1) is 24.8. The largest absolute Gasteiger partial charge is 0.383 e. The normalized spacial score (nSPS) is 23.3. The van der Waals surface area contributed by atoms with Crippen molar-refractivity contribution in [1.29, 1.82) is 0 Å². The van der Waals surface area contributed by atoms with Crippen LogP contribution in [0.25, 0.3) is 0 Å². The molecule has 1 amide bonds. The Labute approximate surface area is 181 Å². The van der Waals surface area contributed by atoms with Gasteiger partial charge in [0.25, 0.3) is 0 Å². The Morgan fingerprint density at radius 3 is 2.43 bits per heavy atom. The zero-order valence-corrected chi connectivity index (χ0v) is 19.5. The number of rotatable bonds is 10. The van der Waals surface area contributed by atoms with Crippen LogP contribution >= 0.6 is 0 Å². The lowest BCUT2D eigenvalue weighted by Crippen LogP contribution is -2.36. The molecule has 2 rings (SSSR count). The third-order valence-corrected chi connectivity index (χ3v) is 7.22. The van der Waals surface area contributed by atoms with Gasteiger partial charge in [-0.05, 0) is 61.8 Å². The van der Waals surface area contributed by atoms with E-state index in [4.69, 9.17) is 9.47 Å². The molecule has 1 aromatic rings. The topological polar surface area (TPSA) is 93.7 Å². The summed E-state index contributed by atoms with van der Waals surface area (Å²) in [6.07, 6.45) is 3.44. The third kappa shape index (κ3) is 7.34. The molecule has 0 unspecified atom stereocenters. The number of anilines is 1. The minimum absolute atomic E-state index is 0.00323. The summed E-state index contributed by atoms with van der Waals surface area (Å²) in [4.78, 5) is 12.5. The van der Waals surface area contributed by atoms with Crippen molar-refractivity contribution in [2.24, 2.45) is 17.8 Å². The monoisotopic (exact) mass is 440 g/mol. The predicted molar refractivity (Wildman–Crippen MR) is 118 cm³/mol. The Hall–Kier alpha value is -1.48. The van der Waals surface area contributed by atoms with E-state index in [1.165, 1.54) is 25.7 Å². The SMILES string of the molecule is COC[C@H](C)NS(=O)(=O)c1ccc(NC(=O)CO[C@@H]2C[C@@H](C)CC[C@@H]2C(C)C)cc1. The molecule has 1 aliphatic rings. The Kier molecular flexibility index (Phi) is 9.28. The number of methoxy groups -OCH3 is 1. The number of amides is 1. The highest BCUT2D eigenvalue weighted by atomic mass is 32.2. The summed E-state index contributed by atoms with van der Waals surface area (Å²) in [5.41, 5.74) is 0.532. The molecular weight excluding hydrogens is 404 g/mol. The van der Waals surface area contributed by atoms with Crippen molar-refractivity contribution >= 4 is 21.6 Å². The van der Waals surface area contributed by atoms with Crippen LogP contribution in [0.4, 0.5) is 5.69 Å². The molecule has 0 aliphatic heterocycles. The van der Waals surface area contributed by atoms with E-state index in [-0.39, 0.29) is 36.2 Å². The molecule has 1 saturated carbocycles. The molecule has 2 N–H and O–H groups in total. The summed E-state index contributed by atoms with van der Waals surface area (Å²) < 4.78 is 38.2. The number of hydrogen-bond donors (Lipinski definition) is 2. The first-order valence-corrected chi connectivity index (χ1v) is 12.1. The second-order valence-corrected chi connectivity index (χ2v) is 10.4. The number of nitrogens with one attached hydrogen (secondary N) is 2. The summed E-state index contributed by atoms with van der Waals surface area (Å²) in [5.74, 6) is 1.38. The molecule has 0 saturated heterocycles. The van der Waals surface area contributed by atoms with E-state index in [0.717, 1.165) is 12.8 Å². The Balaban J connectivity index is 1.90. The van der Waals surface area contributed by atoms with Crippen LogP contribution in [-0.4, -0.2) is 46.8 Å². The Morgan fingerprint density at radius 1 is 1.17 bits per heavy atom. The Bertz CT molecular complexity index is 779. The van der Waals surface area contributed by atoms with Gasteiger partial charge in [-0.1, -0.05) is 27.2 Å². The van der Waals surface area contributed by atoms with Crippen molar-refractivity contribution in [2.75, 3.05) is 25.6 Å². The molecule has 8 heteroatoms. The predicted octanol–water partition coefficient (Wildman–Crippen LogP) is 3.42. The van der Waals surface area contributed by atoms with Gasteiger partial charge in [-0.2, -0.15) is 0 Å². The highest BCUT2D eigenvalue weighted by Crippen LogP contribution is 2.35. The van der Waals surface area contributed by atoms with Crippen LogP contribution in [0.15, 0.2) is 29.2 Å². The van der Waals surface area contributed by atoms with Gasteiger partial charge < -0.3 is 14.8 Å². The molecule has 0 radical (unpaired) electrons. The average molecular weight is 441 g/mol. The molecular formula is C22H36N2O5S. The first-order valence-electron chi connectivity index (χ1n) is 10.6. The van der Waals surface area contributed by atoms with Crippen LogP contribution in [0.3, 0.4) is 0 Å². The lowest BCUT2D eigenvalue weighted by Gasteiger charge is -2.37. The standard InChI is InChI=1S/C22H36N2O5S/c1-15(2)20-11-6-16(3)12-21(20)29-14-22(25)23-18-7-9-19(10-8-18)30(26,27)24-17(4)13-28-5/h7-10,15-17,20-21,24H,6,11-14H2,1-5H3,(H,23,25)/t16-,17-,20+,21+/m0/s1. The Morgan fingerprint density at radius 2 is 1.83 bits per heavy atom. The maximum absolute atomic E-state index is 12.4. The number of hydrogen-bond acceptors (Lipinski definition) is 5. The summed E-state index contributed by atoms with van der Waals surface area (Å²) in [7, 11) is -2.12. The summed E-state index contributed by atoms with van der Waals surface area (Å²) in [6.45, 7) is 8.65. The van der Waals surface area contributed by atoms with Crippen molar-refractivity contribution in [1.82, 2.24) is 4.72 Å². The summed E-state index contributed by atoms with van der Waals surface area (Å²) >= 11 is 0. The van der Waals surface area contributed by atoms with E-state index in [1.54, 1.807) is 19.1 Å². The van der Waals surface area contributed by atoms with Crippen LogP contribution < -0.4 is 10.0 Å². The van der Waals surface area contributed by atoms with Crippen molar-refractivity contribution in [2.45, 2.75) is 64.0 Å². The molecule has 1 fully saturated rings. The fourth-order valence-corrected chi connectivity index (χ4v) is 5.25. The van der Waals surface area contributed by atoms with Gasteiger partial charge in [0, 0.05) is 18.8 Å². The maximum Gasteiger partial charge on any atom is 0.250 e. The van der Waals surface area contributed by atoms with Crippen molar-refractivity contribution in [3.8, 4) is 0 Å². The number of carbonyl (C=O) groups is 1. The molecule has 4 atom stereocenters. The third-order valence-electron chi connectivity index (χ3n) is 5.61. The van der Waals surface area contributed by atoms with Gasteiger partial charge in [0.1, 0.15) is 6.61 Å². The number of carbonyl (C=O) groups excluding carboxylic acids is 1. The van der Waals surface area contributed by atoms with Crippen LogP contribution in [0.2, 0.25) is 0 Å². The molecule has 0 aromatic heterocycles. The summed E-state index contributed by atoms with van der Waals surface area (Å²) in [5, 5.41) is 2.78. The van der Waals surface area contributed by atoms with Gasteiger partial charge in [-0.25, -0.2) is 13.1 Å². The first-order chi connectivity index (χ1) is 14.1. The lowest BCUT2D eigenvalue weighted by molar-refractivity contribution is -0.126. The molecule has 1 aliphatic carbocycles. The fourth-order valence-electron chi connectivity index (χ4n) is 4.02. The lowest BCUT2D eigenvalue weighted by atomic mass is 9.75. The quantitative estimate of drug-likeness (QED) is 0.581. The molecule has 0 spiro atoms. The molecule has 7 nitrogen and oxygen atoms in total. The smallest absolute Gasteiger partial charge is 0.250 e. The maximum atomic E-state index is 12.4. The van der Waals surface area contributed by atoms with Gasteiger partial charge in [0.15, 0.2) is 0 Å². The number of ether oxygens (including phenoxy) is 2. The zero-order chi connectivity index (χ0) is 22.3. The van der Waals surface area contributed by atoms with E-state index in [0.29, 0.717) is 23.4 Å². The van der Waals surface area contributed by atoms with Crippen LogP contribution in [0.5, 0.6) is 0 Å². The molecule has 30 heavy (non-hydrogen) atoms. The van der Waals surface area contributed by atoms with Gasteiger partial charge in [-0.3, -0.25) is 4.79 Å². The second-order valence-electron chi connectivity index (χ2n) is 8.73.